The minimum Gasteiger partial charge on any atom is -0.469 e. The van der Waals surface area contributed by atoms with Crippen molar-refractivity contribution in [2.24, 2.45) is 0 Å². The summed E-state index contributed by atoms with van der Waals surface area (Å²) in [5, 5.41) is 10.2. The highest BCUT2D eigenvalue weighted by atomic mass is 16.5. The number of aliphatic hydroxyl groups is 1. The van der Waals surface area contributed by atoms with E-state index in [9.17, 15) is 9.90 Å². The Kier molecular flexibility index (Phi) is 4.50. The molecule has 88 valence electrons. The Bertz CT molecular complexity index is 330. The second kappa shape index (κ2) is 5.66. The van der Waals surface area contributed by atoms with E-state index in [0.717, 1.165) is 5.56 Å². The van der Waals surface area contributed by atoms with Crippen LogP contribution in [0.1, 0.15) is 31.7 Å². The molecule has 16 heavy (non-hydrogen) atoms. The molecular formula is C13H18O3. The molecule has 0 aliphatic carbocycles. The van der Waals surface area contributed by atoms with Crippen molar-refractivity contribution in [3.8, 4) is 0 Å². The van der Waals surface area contributed by atoms with Crippen molar-refractivity contribution in [2.45, 2.75) is 31.8 Å². The third-order valence-corrected chi connectivity index (χ3v) is 2.67. The van der Waals surface area contributed by atoms with E-state index in [0.29, 0.717) is 19.3 Å². The fraction of sp³-hybridized carbons (Fsp3) is 0.462. The number of benzene rings is 1. The van der Waals surface area contributed by atoms with Crippen molar-refractivity contribution in [1.29, 1.82) is 0 Å². The molecule has 0 aliphatic heterocycles. The predicted octanol–water partition coefficient (Wildman–Crippen LogP) is 2.24. The molecule has 1 rings (SSSR count). The second-order valence-electron chi connectivity index (χ2n) is 4.07. The Labute approximate surface area is 96.1 Å². The molecule has 0 bridgehead atoms. The summed E-state index contributed by atoms with van der Waals surface area (Å²) < 4.78 is 4.55. The summed E-state index contributed by atoms with van der Waals surface area (Å²) in [6.45, 7) is 1.76. The van der Waals surface area contributed by atoms with E-state index in [-0.39, 0.29) is 5.97 Å². The molecule has 1 atom stereocenters. The maximum Gasteiger partial charge on any atom is 0.305 e. The molecule has 0 saturated heterocycles. The number of hydrogen-bond acceptors (Lipinski definition) is 3. The molecule has 0 aromatic heterocycles. The fourth-order valence-electron chi connectivity index (χ4n) is 1.62. The first-order valence-electron chi connectivity index (χ1n) is 5.41. The van der Waals surface area contributed by atoms with Crippen LogP contribution in [0.2, 0.25) is 0 Å². The van der Waals surface area contributed by atoms with Gasteiger partial charge in [0.1, 0.15) is 0 Å². The summed E-state index contributed by atoms with van der Waals surface area (Å²) in [7, 11) is 1.37. The van der Waals surface area contributed by atoms with Crippen LogP contribution in [-0.4, -0.2) is 18.2 Å². The number of methoxy groups -OCH3 is 1. The van der Waals surface area contributed by atoms with E-state index in [1.807, 2.05) is 30.3 Å². The largest absolute Gasteiger partial charge is 0.469 e. The summed E-state index contributed by atoms with van der Waals surface area (Å²) in [6, 6.07) is 9.47. The van der Waals surface area contributed by atoms with Gasteiger partial charge in [0, 0.05) is 6.42 Å². The Morgan fingerprint density at radius 2 is 2.00 bits per heavy atom. The first-order valence-corrected chi connectivity index (χ1v) is 5.41. The molecule has 0 spiro atoms. The minimum absolute atomic E-state index is 0.233. The zero-order valence-corrected chi connectivity index (χ0v) is 9.77. The molecule has 0 fully saturated rings. The Balaban J connectivity index is 2.49. The number of rotatable bonds is 5. The van der Waals surface area contributed by atoms with Crippen LogP contribution in [0.4, 0.5) is 0 Å². The quantitative estimate of drug-likeness (QED) is 0.777. The maximum absolute atomic E-state index is 10.9. The van der Waals surface area contributed by atoms with Crippen LogP contribution in [0.25, 0.3) is 0 Å². The first kappa shape index (κ1) is 12.7. The SMILES string of the molecule is COC(=O)CCCC(C)(O)c1ccccc1. The van der Waals surface area contributed by atoms with E-state index in [4.69, 9.17) is 0 Å². The molecular weight excluding hydrogens is 204 g/mol. The Hall–Kier alpha value is -1.35. The van der Waals surface area contributed by atoms with Gasteiger partial charge in [0.05, 0.1) is 12.7 Å². The fourth-order valence-corrected chi connectivity index (χ4v) is 1.62. The molecule has 3 nitrogen and oxygen atoms in total. The standard InChI is InChI=1S/C13H18O3/c1-13(15,10-6-9-12(14)16-2)11-7-4-3-5-8-11/h3-5,7-8,15H,6,9-10H2,1-2H3. The molecule has 1 aromatic rings. The number of carbonyl (C=O) groups excluding carboxylic acids is 1. The minimum atomic E-state index is -0.880. The highest BCUT2D eigenvalue weighted by molar-refractivity contribution is 5.69. The lowest BCUT2D eigenvalue weighted by Gasteiger charge is -2.23. The summed E-state index contributed by atoms with van der Waals surface area (Å²) in [5.41, 5.74) is -0.00481. The zero-order chi connectivity index (χ0) is 12.0. The lowest BCUT2D eigenvalue weighted by Crippen LogP contribution is -2.21. The van der Waals surface area contributed by atoms with Crippen LogP contribution >= 0.6 is 0 Å². The lowest BCUT2D eigenvalue weighted by molar-refractivity contribution is -0.140. The average Bonchev–Trinajstić information content (AvgIpc) is 2.30. The highest BCUT2D eigenvalue weighted by Gasteiger charge is 2.22. The molecule has 3 heteroatoms. The maximum atomic E-state index is 10.9. The molecule has 1 unspecified atom stereocenters. The van der Waals surface area contributed by atoms with Gasteiger partial charge in [-0.25, -0.2) is 0 Å². The van der Waals surface area contributed by atoms with E-state index >= 15 is 0 Å². The lowest BCUT2D eigenvalue weighted by atomic mass is 9.90. The zero-order valence-electron chi connectivity index (χ0n) is 9.77. The topological polar surface area (TPSA) is 46.5 Å². The number of hydrogen-bond donors (Lipinski definition) is 1. The van der Waals surface area contributed by atoms with Crippen LogP contribution in [0.15, 0.2) is 30.3 Å². The van der Waals surface area contributed by atoms with Crippen molar-refractivity contribution in [3.05, 3.63) is 35.9 Å². The third-order valence-electron chi connectivity index (χ3n) is 2.67. The van der Waals surface area contributed by atoms with E-state index < -0.39 is 5.60 Å². The molecule has 0 amide bonds. The molecule has 1 N–H and O–H groups in total. The van der Waals surface area contributed by atoms with Gasteiger partial charge in [0.2, 0.25) is 0 Å². The van der Waals surface area contributed by atoms with Gasteiger partial charge in [-0.15, -0.1) is 0 Å². The van der Waals surface area contributed by atoms with Crippen molar-refractivity contribution < 1.29 is 14.6 Å². The number of carbonyl (C=O) groups is 1. The molecule has 0 radical (unpaired) electrons. The van der Waals surface area contributed by atoms with Crippen LogP contribution in [0.3, 0.4) is 0 Å². The Morgan fingerprint density at radius 1 is 1.38 bits per heavy atom. The average molecular weight is 222 g/mol. The van der Waals surface area contributed by atoms with Gasteiger partial charge in [-0.05, 0) is 25.3 Å². The van der Waals surface area contributed by atoms with Gasteiger partial charge in [-0.1, -0.05) is 30.3 Å². The van der Waals surface area contributed by atoms with Crippen molar-refractivity contribution in [3.63, 3.8) is 0 Å². The normalized spacial score (nSPS) is 14.2. The predicted molar refractivity (Wildman–Crippen MR) is 61.9 cm³/mol. The van der Waals surface area contributed by atoms with Gasteiger partial charge in [-0.3, -0.25) is 4.79 Å². The number of esters is 1. The van der Waals surface area contributed by atoms with Crippen LogP contribution < -0.4 is 0 Å². The van der Waals surface area contributed by atoms with Crippen LogP contribution in [0.5, 0.6) is 0 Å². The monoisotopic (exact) mass is 222 g/mol. The van der Waals surface area contributed by atoms with Gasteiger partial charge in [0.15, 0.2) is 0 Å². The van der Waals surface area contributed by atoms with E-state index in [1.54, 1.807) is 6.92 Å². The van der Waals surface area contributed by atoms with Crippen LogP contribution in [0, 0.1) is 0 Å². The first-order chi connectivity index (χ1) is 7.56. The number of ether oxygens (including phenoxy) is 1. The molecule has 0 heterocycles. The van der Waals surface area contributed by atoms with Crippen LogP contribution in [-0.2, 0) is 15.1 Å². The van der Waals surface area contributed by atoms with Crippen molar-refractivity contribution in [1.82, 2.24) is 0 Å². The van der Waals surface area contributed by atoms with E-state index in [2.05, 4.69) is 4.74 Å². The summed E-state index contributed by atoms with van der Waals surface area (Å²) in [5.74, 6) is -0.233. The third kappa shape index (κ3) is 3.66. The van der Waals surface area contributed by atoms with Crippen molar-refractivity contribution >= 4 is 5.97 Å². The van der Waals surface area contributed by atoms with Gasteiger partial charge < -0.3 is 9.84 Å². The van der Waals surface area contributed by atoms with Crippen molar-refractivity contribution in [2.75, 3.05) is 7.11 Å². The summed E-state index contributed by atoms with van der Waals surface area (Å²) >= 11 is 0. The molecule has 0 aliphatic rings. The smallest absolute Gasteiger partial charge is 0.305 e. The molecule has 0 saturated carbocycles. The summed E-state index contributed by atoms with van der Waals surface area (Å²) in [6.07, 6.45) is 1.51. The Morgan fingerprint density at radius 3 is 2.56 bits per heavy atom. The van der Waals surface area contributed by atoms with Gasteiger partial charge >= 0.3 is 5.97 Å². The molecule has 1 aromatic carbocycles. The van der Waals surface area contributed by atoms with Gasteiger partial charge in [-0.2, -0.15) is 0 Å². The second-order valence-corrected chi connectivity index (χ2v) is 4.07. The van der Waals surface area contributed by atoms with E-state index in [1.165, 1.54) is 7.11 Å². The summed E-state index contributed by atoms with van der Waals surface area (Å²) in [4.78, 5) is 10.9. The van der Waals surface area contributed by atoms with Gasteiger partial charge in [0.25, 0.3) is 0 Å². The highest BCUT2D eigenvalue weighted by Crippen LogP contribution is 2.26.